The van der Waals surface area contributed by atoms with Crippen molar-refractivity contribution in [3.63, 3.8) is 0 Å². The average molecular weight is 611 g/mol. The molecule has 12 heteroatoms. The van der Waals surface area contributed by atoms with Crippen molar-refractivity contribution in [2.45, 2.75) is 20.0 Å². The Hall–Kier alpha value is -4.45. The van der Waals surface area contributed by atoms with Gasteiger partial charge in [-0.3, -0.25) is 4.79 Å². The Morgan fingerprint density at radius 2 is 1.85 bits per heavy atom. The van der Waals surface area contributed by atoms with Crippen LogP contribution in [0.15, 0.2) is 65.7 Å². The van der Waals surface area contributed by atoms with E-state index < -0.39 is 17.6 Å². The standard InChI is InChI=1S/C28H22BrF3N6O2/c1-14-4-5-16(6-21(14)22-7-17-11-34-27(33)37-24(17)23(29)25(22)40-3)26(39)36-19-8-18(28(30,31)32)9-20(10-19)38-12-15(2)35-13-38/h4-13H,1-3H3,(H,36,39)(H2,33,34,37). The van der Waals surface area contributed by atoms with E-state index >= 15 is 0 Å². The zero-order chi connectivity index (χ0) is 28.8. The number of aromatic nitrogens is 4. The van der Waals surface area contributed by atoms with Gasteiger partial charge in [-0.15, -0.1) is 0 Å². The normalized spacial score (nSPS) is 11.6. The van der Waals surface area contributed by atoms with Crippen LogP contribution in [0.25, 0.3) is 27.7 Å². The van der Waals surface area contributed by atoms with E-state index in [-0.39, 0.29) is 22.9 Å². The molecule has 0 fully saturated rings. The van der Waals surface area contributed by atoms with Crippen molar-refractivity contribution in [1.82, 2.24) is 19.5 Å². The van der Waals surface area contributed by atoms with E-state index in [0.717, 1.165) is 17.7 Å². The zero-order valence-corrected chi connectivity index (χ0v) is 23.1. The van der Waals surface area contributed by atoms with Crippen LogP contribution >= 0.6 is 15.9 Å². The first-order chi connectivity index (χ1) is 18.9. The van der Waals surface area contributed by atoms with Crippen LogP contribution in [-0.4, -0.2) is 32.5 Å². The molecule has 0 unspecified atom stereocenters. The number of alkyl halides is 3. The molecule has 1 amide bonds. The van der Waals surface area contributed by atoms with Crippen LogP contribution in [0.3, 0.4) is 0 Å². The number of ether oxygens (including phenoxy) is 1. The molecule has 0 bridgehead atoms. The van der Waals surface area contributed by atoms with Gasteiger partial charge in [0.05, 0.1) is 34.7 Å². The van der Waals surface area contributed by atoms with Gasteiger partial charge in [0.2, 0.25) is 5.95 Å². The van der Waals surface area contributed by atoms with Crippen LogP contribution < -0.4 is 15.8 Å². The molecule has 5 aromatic rings. The molecule has 8 nitrogen and oxygen atoms in total. The van der Waals surface area contributed by atoms with E-state index in [1.807, 2.05) is 13.0 Å². The maximum Gasteiger partial charge on any atom is 0.416 e. The number of nitrogens with two attached hydrogens (primary N) is 1. The highest BCUT2D eigenvalue weighted by atomic mass is 79.9. The summed E-state index contributed by atoms with van der Waals surface area (Å²) in [6.45, 7) is 3.60. The summed E-state index contributed by atoms with van der Waals surface area (Å²) in [5, 5.41) is 3.31. The van der Waals surface area contributed by atoms with Crippen molar-refractivity contribution in [3.8, 4) is 22.6 Å². The number of aryl methyl sites for hydroxylation is 2. The number of nitrogen functional groups attached to an aromatic ring is 1. The summed E-state index contributed by atoms with van der Waals surface area (Å²) < 4.78 is 48.7. The first-order valence-corrected chi connectivity index (χ1v) is 12.7. The summed E-state index contributed by atoms with van der Waals surface area (Å²) in [5.41, 5.74) is 8.69. The van der Waals surface area contributed by atoms with Crippen molar-refractivity contribution in [3.05, 3.63) is 88.0 Å². The van der Waals surface area contributed by atoms with Gasteiger partial charge in [-0.1, -0.05) is 6.07 Å². The molecule has 204 valence electrons. The Kier molecular flexibility index (Phi) is 6.96. The highest BCUT2D eigenvalue weighted by Crippen LogP contribution is 2.42. The summed E-state index contributed by atoms with van der Waals surface area (Å²) in [6.07, 6.45) is -0.0142. The molecule has 0 saturated heterocycles. The molecule has 5 rings (SSSR count). The predicted molar refractivity (Wildman–Crippen MR) is 150 cm³/mol. The van der Waals surface area contributed by atoms with Crippen molar-refractivity contribution in [2.24, 2.45) is 0 Å². The van der Waals surface area contributed by atoms with Gasteiger partial charge in [0.15, 0.2) is 0 Å². The number of rotatable bonds is 5. The van der Waals surface area contributed by atoms with Gasteiger partial charge >= 0.3 is 6.18 Å². The van der Waals surface area contributed by atoms with Gasteiger partial charge in [0, 0.05) is 40.3 Å². The second-order valence-corrected chi connectivity index (χ2v) is 9.90. The Bertz CT molecular complexity index is 1780. The van der Waals surface area contributed by atoms with Crippen LogP contribution in [0.2, 0.25) is 0 Å². The summed E-state index contributed by atoms with van der Waals surface area (Å²) in [7, 11) is 1.51. The molecule has 3 N–H and O–H groups in total. The number of amides is 1. The molecule has 0 spiro atoms. The average Bonchev–Trinajstić information content (AvgIpc) is 3.35. The number of hydrogen-bond acceptors (Lipinski definition) is 6. The number of methoxy groups -OCH3 is 1. The highest BCUT2D eigenvalue weighted by molar-refractivity contribution is 9.10. The maximum absolute atomic E-state index is 13.7. The largest absolute Gasteiger partial charge is 0.495 e. The van der Waals surface area contributed by atoms with E-state index in [1.165, 1.54) is 24.1 Å². The number of nitrogens with one attached hydrogen (secondary N) is 1. The van der Waals surface area contributed by atoms with Crippen LogP contribution in [0.1, 0.15) is 27.2 Å². The molecule has 0 aliphatic rings. The Balaban J connectivity index is 1.55. The van der Waals surface area contributed by atoms with E-state index in [4.69, 9.17) is 10.5 Å². The van der Waals surface area contributed by atoms with Crippen molar-refractivity contribution in [2.75, 3.05) is 18.2 Å². The van der Waals surface area contributed by atoms with Gasteiger partial charge in [0.1, 0.15) is 5.75 Å². The number of carbonyl (C=O) groups excluding carboxylic acids is 1. The van der Waals surface area contributed by atoms with Crippen LogP contribution in [0.4, 0.5) is 24.8 Å². The third-order valence-electron chi connectivity index (χ3n) is 6.29. The summed E-state index contributed by atoms with van der Waals surface area (Å²) in [6, 6.07) is 10.2. The molecule has 0 aliphatic heterocycles. The van der Waals surface area contributed by atoms with Gasteiger partial charge in [0.25, 0.3) is 5.91 Å². The molecule has 2 heterocycles. The summed E-state index contributed by atoms with van der Waals surface area (Å²) in [4.78, 5) is 25.7. The number of imidazole rings is 1. The van der Waals surface area contributed by atoms with Crippen LogP contribution in [0, 0.1) is 13.8 Å². The number of hydrogen-bond donors (Lipinski definition) is 2. The fourth-order valence-corrected chi connectivity index (χ4v) is 5.04. The van der Waals surface area contributed by atoms with E-state index in [2.05, 4.69) is 36.2 Å². The lowest BCUT2D eigenvalue weighted by atomic mass is 9.96. The third-order valence-corrected chi connectivity index (χ3v) is 7.03. The SMILES string of the molecule is COc1c(-c2cc(C(=O)Nc3cc(-n4cnc(C)c4)cc(C(F)(F)F)c3)ccc2C)cc2cnc(N)nc2c1Br. The molecule has 40 heavy (non-hydrogen) atoms. The fraction of sp³-hybridized carbons (Fsp3) is 0.143. The van der Waals surface area contributed by atoms with Crippen LogP contribution in [-0.2, 0) is 6.18 Å². The minimum absolute atomic E-state index is 0.0101. The van der Waals surface area contributed by atoms with Crippen LogP contribution in [0.5, 0.6) is 5.75 Å². The van der Waals surface area contributed by atoms with E-state index in [1.54, 1.807) is 37.5 Å². The first-order valence-electron chi connectivity index (χ1n) is 11.9. The lowest BCUT2D eigenvalue weighted by molar-refractivity contribution is -0.137. The Morgan fingerprint density at radius 3 is 2.52 bits per heavy atom. The van der Waals surface area contributed by atoms with Gasteiger partial charge in [-0.05, 0) is 77.3 Å². The van der Waals surface area contributed by atoms with Crippen molar-refractivity contribution in [1.29, 1.82) is 0 Å². The molecule has 3 aromatic carbocycles. The summed E-state index contributed by atoms with van der Waals surface area (Å²) >= 11 is 3.54. The number of anilines is 2. The number of fused-ring (bicyclic) bond motifs is 1. The molecule has 0 saturated carbocycles. The molecule has 0 aliphatic carbocycles. The monoisotopic (exact) mass is 610 g/mol. The predicted octanol–water partition coefficient (Wildman–Crippen LogP) is 6.72. The molecular formula is C28H22BrF3N6O2. The topological polar surface area (TPSA) is 108 Å². The lowest BCUT2D eigenvalue weighted by Crippen LogP contribution is -2.14. The molecule has 0 radical (unpaired) electrons. The molecular weight excluding hydrogens is 589 g/mol. The first kappa shape index (κ1) is 27.1. The van der Waals surface area contributed by atoms with E-state index in [9.17, 15) is 18.0 Å². The second-order valence-electron chi connectivity index (χ2n) is 9.11. The van der Waals surface area contributed by atoms with E-state index in [0.29, 0.717) is 37.9 Å². The number of carbonyl (C=O) groups is 1. The lowest BCUT2D eigenvalue weighted by Gasteiger charge is -2.16. The second kappa shape index (κ2) is 10.3. The number of nitrogens with zero attached hydrogens (tertiary/aromatic N) is 4. The minimum atomic E-state index is -4.61. The Morgan fingerprint density at radius 1 is 1.07 bits per heavy atom. The van der Waals surface area contributed by atoms with Crippen molar-refractivity contribution >= 4 is 44.4 Å². The third kappa shape index (κ3) is 5.22. The maximum atomic E-state index is 13.7. The van der Waals surface area contributed by atoms with Gasteiger partial charge in [-0.25, -0.2) is 15.0 Å². The number of benzene rings is 3. The molecule has 0 atom stereocenters. The minimum Gasteiger partial charge on any atom is -0.495 e. The van der Waals surface area contributed by atoms with Crippen molar-refractivity contribution < 1.29 is 22.7 Å². The Labute approximate surface area is 235 Å². The quantitative estimate of drug-likeness (QED) is 0.229. The zero-order valence-electron chi connectivity index (χ0n) is 21.5. The summed E-state index contributed by atoms with van der Waals surface area (Å²) in [5.74, 6) is 0.00597. The highest BCUT2D eigenvalue weighted by Gasteiger charge is 2.31. The smallest absolute Gasteiger partial charge is 0.416 e. The molecule has 2 aromatic heterocycles. The fourth-order valence-electron chi connectivity index (χ4n) is 4.35. The van der Waals surface area contributed by atoms with Gasteiger partial charge in [-0.2, -0.15) is 13.2 Å². The van der Waals surface area contributed by atoms with Gasteiger partial charge < -0.3 is 20.4 Å². The number of halogens is 4.